The van der Waals surface area contributed by atoms with Crippen molar-refractivity contribution in [3.8, 4) is 5.75 Å². The molecule has 1 amide bonds. The van der Waals surface area contributed by atoms with E-state index in [1.807, 2.05) is 45.0 Å². The summed E-state index contributed by atoms with van der Waals surface area (Å²) in [6.45, 7) is 8.40. The van der Waals surface area contributed by atoms with E-state index in [1.54, 1.807) is 12.0 Å². The van der Waals surface area contributed by atoms with E-state index >= 15 is 0 Å². The molecule has 24 heavy (non-hydrogen) atoms. The predicted molar refractivity (Wildman–Crippen MR) is 98.7 cm³/mol. The summed E-state index contributed by atoms with van der Waals surface area (Å²) < 4.78 is 10.6. The van der Waals surface area contributed by atoms with E-state index in [4.69, 9.17) is 21.7 Å². The predicted octanol–water partition coefficient (Wildman–Crippen LogP) is 3.12. The zero-order chi connectivity index (χ0) is 17.7. The van der Waals surface area contributed by atoms with Gasteiger partial charge in [-0.1, -0.05) is 24.4 Å². The molecule has 5 nitrogen and oxygen atoms in total. The van der Waals surface area contributed by atoms with Crippen molar-refractivity contribution in [3.63, 3.8) is 0 Å². The van der Waals surface area contributed by atoms with Gasteiger partial charge in [-0.2, -0.15) is 0 Å². The van der Waals surface area contributed by atoms with Crippen molar-refractivity contribution in [2.45, 2.75) is 32.8 Å². The Morgan fingerprint density at radius 2 is 1.62 bits per heavy atom. The molecule has 0 atom stereocenters. The highest BCUT2D eigenvalue weighted by atomic mass is 32.1. The van der Waals surface area contributed by atoms with Gasteiger partial charge in [0.2, 0.25) is 0 Å². The van der Waals surface area contributed by atoms with Crippen molar-refractivity contribution in [2.24, 2.45) is 0 Å². The molecular formula is C18H26N2O3S. The van der Waals surface area contributed by atoms with E-state index < -0.39 is 5.60 Å². The monoisotopic (exact) mass is 350 g/mol. The van der Waals surface area contributed by atoms with E-state index in [0.717, 1.165) is 35.8 Å². The summed E-state index contributed by atoms with van der Waals surface area (Å²) in [5.74, 6) is 0.843. The molecule has 1 aromatic carbocycles. The number of rotatable bonds is 3. The van der Waals surface area contributed by atoms with Gasteiger partial charge in [0, 0.05) is 32.6 Å². The summed E-state index contributed by atoms with van der Waals surface area (Å²) in [4.78, 5) is 16.9. The van der Waals surface area contributed by atoms with Crippen molar-refractivity contribution in [2.75, 3.05) is 33.3 Å². The molecule has 132 valence electrons. The number of thiocarbonyl (C=S) groups is 1. The molecule has 1 aliphatic heterocycles. The molecule has 1 aromatic rings. The minimum Gasteiger partial charge on any atom is -0.497 e. The van der Waals surface area contributed by atoms with Crippen LogP contribution in [0.5, 0.6) is 5.75 Å². The van der Waals surface area contributed by atoms with Crippen LogP contribution in [0.25, 0.3) is 0 Å². The van der Waals surface area contributed by atoms with Crippen LogP contribution in [0.2, 0.25) is 0 Å². The van der Waals surface area contributed by atoms with E-state index in [9.17, 15) is 4.79 Å². The van der Waals surface area contributed by atoms with Gasteiger partial charge in [0.25, 0.3) is 0 Å². The van der Waals surface area contributed by atoms with Crippen molar-refractivity contribution < 1.29 is 14.3 Å². The zero-order valence-corrected chi connectivity index (χ0v) is 15.7. The fraction of sp³-hybridized carbons (Fsp3) is 0.556. The van der Waals surface area contributed by atoms with Crippen LogP contribution in [0.15, 0.2) is 24.3 Å². The van der Waals surface area contributed by atoms with Crippen LogP contribution in [0.4, 0.5) is 4.79 Å². The van der Waals surface area contributed by atoms with Crippen molar-refractivity contribution >= 4 is 23.3 Å². The molecule has 0 radical (unpaired) electrons. The number of piperazine rings is 1. The van der Waals surface area contributed by atoms with Gasteiger partial charge in [0.15, 0.2) is 0 Å². The third kappa shape index (κ3) is 5.37. The topological polar surface area (TPSA) is 42.0 Å². The fourth-order valence-corrected chi connectivity index (χ4v) is 2.84. The first-order chi connectivity index (χ1) is 11.3. The smallest absolute Gasteiger partial charge is 0.410 e. The van der Waals surface area contributed by atoms with Gasteiger partial charge in [-0.05, 0) is 38.5 Å². The van der Waals surface area contributed by atoms with Gasteiger partial charge in [-0.25, -0.2) is 4.79 Å². The van der Waals surface area contributed by atoms with E-state index in [2.05, 4.69) is 4.90 Å². The van der Waals surface area contributed by atoms with Crippen LogP contribution in [-0.4, -0.2) is 59.8 Å². The second-order valence-corrected chi connectivity index (χ2v) is 7.34. The molecule has 0 saturated carbocycles. The molecule has 0 spiro atoms. The molecule has 0 unspecified atom stereocenters. The Hall–Kier alpha value is -1.82. The molecule has 1 saturated heterocycles. The number of amides is 1. The minimum atomic E-state index is -0.460. The van der Waals surface area contributed by atoms with Crippen molar-refractivity contribution in [1.29, 1.82) is 0 Å². The number of ether oxygens (including phenoxy) is 2. The van der Waals surface area contributed by atoms with Gasteiger partial charge in [0.05, 0.1) is 12.1 Å². The van der Waals surface area contributed by atoms with Gasteiger partial charge in [-0.15, -0.1) is 0 Å². The first kappa shape index (κ1) is 18.5. The molecular weight excluding hydrogens is 324 g/mol. The minimum absolute atomic E-state index is 0.247. The number of methoxy groups -OCH3 is 1. The van der Waals surface area contributed by atoms with Crippen molar-refractivity contribution in [3.05, 3.63) is 29.8 Å². The van der Waals surface area contributed by atoms with Gasteiger partial charge in [0.1, 0.15) is 11.4 Å². The number of benzene rings is 1. The maximum absolute atomic E-state index is 12.1. The quantitative estimate of drug-likeness (QED) is 0.784. The summed E-state index contributed by atoms with van der Waals surface area (Å²) in [6, 6.07) is 7.95. The Labute approximate surface area is 149 Å². The second kappa shape index (κ2) is 7.83. The SMILES string of the molecule is COc1ccc(CC(=S)N2CCN(C(=O)OC(C)(C)C)CC2)cc1. The lowest BCUT2D eigenvalue weighted by Gasteiger charge is -2.36. The standard InChI is InChI=1S/C18H26N2O3S/c1-18(2,3)23-17(21)20-11-9-19(10-12-20)16(24)13-14-5-7-15(22-4)8-6-14/h5-8H,9-13H2,1-4H3. The van der Waals surface area contributed by atoms with Crippen LogP contribution in [0.1, 0.15) is 26.3 Å². The first-order valence-corrected chi connectivity index (χ1v) is 8.58. The van der Waals surface area contributed by atoms with Crippen LogP contribution < -0.4 is 4.74 Å². The number of nitrogens with zero attached hydrogens (tertiary/aromatic N) is 2. The van der Waals surface area contributed by atoms with Gasteiger partial charge < -0.3 is 19.3 Å². The van der Waals surface area contributed by atoms with E-state index in [0.29, 0.717) is 13.1 Å². The average molecular weight is 350 g/mol. The number of hydrogen-bond acceptors (Lipinski definition) is 4. The van der Waals surface area contributed by atoms with Crippen LogP contribution in [0.3, 0.4) is 0 Å². The van der Waals surface area contributed by atoms with Crippen LogP contribution in [0, 0.1) is 0 Å². The Morgan fingerprint density at radius 1 is 1.08 bits per heavy atom. The molecule has 0 N–H and O–H groups in total. The lowest BCUT2D eigenvalue weighted by Crippen LogP contribution is -2.51. The summed E-state index contributed by atoms with van der Waals surface area (Å²) in [5.41, 5.74) is 0.702. The van der Waals surface area contributed by atoms with Gasteiger partial charge in [-0.3, -0.25) is 0 Å². The highest BCUT2D eigenvalue weighted by Crippen LogP contribution is 2.15. The Morgan fingerprint density at radius 3 is 2.12 bits per heavy atom. The normalized spacial score (nSPS) is 15.2. The number of hydrogen-bond donors (Lipinski definition) is 0. The molecule has 0 aromatic heterocycles. The summed E-state index contributed by atoms with van der Waals surface area (Å²) in [6.07, 6.45) is 0.481. The fourth-order valence-electron chi connectivity index (χ4n) is 2.49. The number of carbonyl (C=O) groups excluding carboxylic acids is 1. The Kier molecular flexibility index (Phi) is 6.04. The first-order valence-electron chi connectivity index (χ1n) is 8.17. The zero-order valence-electron chi connectivity index (χ0n) is 14.9. The summed E-state index contributed by atoms with van der Waals surface area (Å²) in [5, 5.41) is 0. The summed E-state index contributed by atoms with van der Waals surface area (Å²) >= 11 is 5.57. The van der Waals surface area contributed by atoms with Crippen LogP contribution in [-0.2, 0) is 11.2 Å². The van der Waals surface area contributed by atoms with Crippen molar-refractivity contribution in [1.82, 2.24) is 9.80 Å². The van der Waals surface area contributed by atoms with E-state index in [1.165, 1.54) is 0 Å². The van der Waals surface area contributed by atoms with E-state index in [-0.39, 0.29) is 6.09 Å². The Bertz CT molecular complexity index is 573. The Balaban J connectivity index is 1.82. The average Bonchev–Trinajstić information content (AvgIpc) is 2.54. The van der Waals surface area contributed by atoms with Crippen LogP contribution >= 0.6 is 12.2 Å². The largest absolute Gasteiger partial charge is 0.497 e. The molecule has 1 fully saturated rings. The third-order valence-corrected chi connectivity index (χ3v) is 4.20. The lowest BCUT2D eigenvalue weighted by molar-refractivity contribution is 0.0187. The second-order valence-electron chi connectivity index (χ2n) is 6.87. The molecule has 0 bridgehead atoms. The maximum Gasteiger partial charge on any atom is 0.410 e. The lowest BCUT2D eigenvalue weighted by atomic mass is 10.1. The highest BCUT2D eigenvalue weighted by Gasteiger charge is 2.26. The molecule has 0 aliphatic carbocycles. The molecule has 1 aliphatic rings. The number of carbonyl (C=O) groups is 1. The van der Waals surface area contributed by atoms with Gasteiger partial charge >= 0.3 is 6.09 Å². The molecule has 2 rings (SSSR count). The third-order valence-electron chi connectivity index (χ3n) is 3.80. The molecule has 1 heterocycles. The maximum atomic E-state index is 12.1. The summed E-state index contributed by atoms with van der Waals surface area (Å²) in [7, 11) is 1.66. The highest BCUT2D eigenvalue weighted by molar-refractivity contribution is 7.80. The molecule has 6 heteroatoms.